The van der Waals surface area contributed by atoms with Crippen LogP contribution in [0.4, 0.5) is 0 Å². The second-order valence-electron chi connectivity index (χ2n) is 19.5. The van der Waals surface area contributed by atoms with E-state index in [1.165, 1.54) is 35.7 Å². The van der Waals surface area contributed by atoms with Gasteiger partial charge in [-0.05, 0) is 68.6 Å². The van der Waals surface area contributed by atoms with Crippen LogP contribution in [0.3, 0.4) is 0 Å². The lowest BCUT2D eigenvalue weighted by Crippen LogP contribution is -2.61. The molecule has 2 aliphatic rings. The highest BCUT2D eigenvalue weighted by molar-refractivity contribution is 5.97. The first kappa shape index (κ1) is 54.9. The largest absolute Gasteiger partial charge is 0.460 e. The molecule has 63 heavy (non-hydrogen) atoms. The predicted octanol–water partition coefficient (Wildman–Crippen LogP) is 5.89. The maximum Gasteiger partial charge on any atom is 0.328 e. The maximum atomic E-state index is 14.8. The number of cyclic esters (lactones) is 1. The first-order chi connectivity index (χ1) is 29.7. The Kier molecular flexibility index (Phi) is 23.7. The van der Waals surface area contributed by atoms with Gasteiger partial charge in [-0.2, -0.15) is 5.26 Å². The van der Waals surface area contributed by atoms with Crippen molar-refractivity contribution in [1.82, 2.24) is 30.7 Å². The summed E-state index contributed by atoms with van der Waals surface area (Å²) in [5.74, 6) is -4.05. The Labute approximate surface area is 378 Å². The molecule has 1 aliphatic heterocycles. The van der Waals surface area contributed by atoms with Crippen LogP contribution >= 0.6 is 0 Å². The molecule has 1 saturated heterocycles. The molecule has 0 unspecified atom stereocenters. The van der Waals surface area contributed by atoms with Gasteiger partial charge in [0.1, 0.15) is 42.4 Å². The lowest BCUT2D eigenvalue weighted by Gasteiger charge is -2.37. The summed E-state index contributed by atoms with van der Waals surface area (Å²) in [5.41, 5.74) is 0. The third-order valence-electron chi connectivity index (χ3n) is 13.2. The summed E-state index contributed by atoms with van der Waals surface area (Å²) in [6.07, 6.45) is 8.00. The predicted molar refractivity (Wildman–Crippen MR) is 243 cm³/mol. The van der Waals surface area contributed by atoms with Gasteiger partial charge in [0.25, 0.3) is 0 Å². The van der Waals surface area contributed by atoms with E-state index in [0.717, 1.165) is 51.4 Å². The van der Waals surface area contributed by atoms with Crippen LogP contribution in [0.1, 0.15) is 165 Å². The Morgan fingerprint density at radius 2 is 1.29 bits per heavy atom. The van der Waals surface area contributed by atoms with E-state index >= 15 is 0 Å². The number of ether oxygens (including phenoxy) is 1. The molecule has 0 aromatic carbocycles. The van der Waals surface area contributed by atoms with Crippen molar-refractivity contribution in [3.8, 4) is 6.07 Å². The summed E-state index contributed by atoms with van der Waals surface area (Å²) in [4.78, 5) is 105. The van der Waals surface area contributed by atoms with Crippen LogP contribution in [0.25, 0.3) is 0 Å². The minimum Gasteiger partial charge on any atom is -0.460 e. The van der Waals surface area contributed by atoms with Crippen molar-refractivity contribution in [3.63, 3.8) is 0 Å². The van der Waals surface area contributed by atoms with E-state index in [9.17, 15) is 38.8 Å². The SMILES string of the molecule is CCCC[C@@H](C)C[C@@H]1NC(=O)[C@H](CC2CCCCC2)N(C)C(=O)[C@H](CC(C)C)NC(=O)[C@H](CC(C)C)N(C)C(=O)[C@H]([C@@H](C)CC)NC(=O)C[C@@H](CCC#N)OC(=O)[C@H](C)N(C)C1=O. The Bertz CT molecular complexity index is 1560. The molecule has 2 fully saturated rings. The third kappa shape index (κ3) is 17.4. The highest BCUT2D eigenvalue weighted by Crippen LogP contribution is 2.30. The molecule has 0 radical (unpaired) electrons. The van der Waals surface area contributed by atoms with Crippen LogP contribution in [0.2, 0.25) is 0 Å². The first-order valence-corrected chi connectivity index (χ1v) is 23.9. The van der Waals surface area contributed by atoms with Crippen LogP contribution in [0.5, 0.6) is 0 Å². The van der Waals surface area contributed by atoms with Crippen molar-refractivity contribution < 1.29 is 38.3 Å². The van der Waals surface area contributed by atoms with Crippen molar-refractivity contribution in [1.29, 1.82) is 5.26 Å². The normalized spacial score (nSPS) is 27.2. The molecule has 0 spiro atoms. The molecule has 0 aromatic heterocycles. The average molecular weight is 886 g/mol. The average Bonchev–Trinajstić information content (AvgIpc) is 3.24. The van der Waals surface area contributed by atoms with E-state index in [0.29, 0.717) is 19.3 Å². The Balaban J connectivity index is 2.83. The monoisotopic (exact) mass is 886 g/mol. The number of carbonyl (C=O) groups is 7. The smallest absolute Gasteiger partial charge is 0.328 e. The van der Waals surface area contributed by atoms with Crippen molar-refractivity contribution >= 4 is 41.4 Å². The minimum absolute atomic E-state index is 0.0165. The molecular weight excluding hydrogens is 803 g/mol. The molecule has 9 atom stereocenters. The fourth-order valence-electron chi connectivity index (χ4n) is 8.77. The van der Waals surface area contributed by atoms with Crippen LogP contribution in [-0.4, -0.2) is 120 Å². The number of rotatable bonds is 15. The zero-order valence-electron chi connectivity index (χ0n) is 40.8. The molecule has 1 heterocycles. The number of unbranched alkanes of at least 4 members (excludes halogenated alkanes) is 1. The molecule has 15 heteroatoms. The lowest BCUT2D eigenvalue weighted by molar-refractivity contribution is -0.160. The number of nitrogens with one attached hydrogen (secondary N) is 3. The number of carbonyl (C=O) groups excluding carboxylic acids is 7. The van der Waals surface area contributed by atoms with Crippen molar-refractivity contribution in [2.75, 3.05) is 21.1 Å². The van der Waals surface area contributed by atoms with Crippen molar-refractivity contribution in [3.05, 3.63) is 0 Å². The number of hydrogen-bond acceptors (Lipinski definition) is 9. The van der Waals surface area contributed by atoms with Gasteiger partial charge < -0.3 is 35.4 Å². The topological polar surface area (TPSA) is 198 Å². The number of amides is 6. The Morgan fingerprint density at radius 1 is 0.730 bits per heavy atom. The highest BCUT2D eigenvalue weighted by atomic mass is 16.5. The van der Waals surface area contributed by atoms with Gasteiger partial charge in [-0.25, -0.2) is 4.79 Å². The minimum atomic E-state index is -1.13. The molecule has 0 aromatic rings. The molecule has 0 bridgehead atoms. The van der Waals surface area contributed by atoms with Gasteiger partial charge >= 0.3 is 5.97 Å². The van der Waals surface area contributed by atoms with Crippen molar-refractivity contribution in [2.24, 2.45) is 29.6 Å². The Hall–Kier alpha value is -4.22. The number of esters is 1. The summed E-state index contributed by atoms with van der Waals surface area (Å²) in [6, 6.07) is -4.16. The fourth-order valence-corrected chi connectivity index (χ4v) is 8.77. The van der Waals surface area contributed by atoms with Gasteiger partial charge in [-0.3, -0.25) is 28.8 Å². The van der Waals surface area contributed by atoms with E-state index in [1.54, 1.807) is 7.05 Å². The van der Waals surface area contributed by atoms with E-state index in [-0.39, 0.29) is 61.7 Å². The summed E-state index contributed by atoms with van der Waals surface area (Å²) >= 11 is 0. The van der Waals surface area contributed by atoms with E-state index in [1.807, 2.05) is 54.5 Å². The van der Waals surface area contributed by atoms with Crippen LogP contribution in [0, 0.1) is 40.9 Å². The lowest BCUT2D eigenvalue weighted by atomic mass is 9.84. The van der Waals surface area contributed by atoms with Gasteiger partial charge in [-0.1, -0.05) is 113 Å². The number of hydrogen-bond donors (Lipinski definition) is 3. The molecule has 3 N–H and O–H groups in total. The standard InChI is InChI=1S/C48H83N7O8/c1-13-15-20-32(7)27-38-45(59)53(10)34(9)48(62)63-36(23-19-24-49)29-41(56)52-42(33(8)14-2)47(61)55(12)39(26-31(5)6)43(57)50-37(25-30(3)4)46(60)54(11)40(44(58)51-38)28-35-21-17-16-18-22-35/h30-40,42H,13-23,25-29H2,1-12H3,(H,50,57)(H,51,58)(H,52,56)/t32-,33+,34+,36-,37+,38+,39+,40+,42+/m1/s1. The Morgan fingerprint density at radius 3 is 1.84 bits per heavy atom. The molecule has 6 amide bonds. The molecule has 2 rings (SSSR count). The van der Waals surface area contributed by atoms with Crippen molar-refractivity contribution in [2.45, 2.75) is 207 Å². The summed E-state index contributed by atoms with van der Waals surface area (Å²) in [7, 11) is 4.59. The third-order valence-corrected chi connectivity index (χ3v) is 13.2. The van der Waals surface area contributed by atoms with Gasteiger partial charge in [0.15, 0.2) is 0 Å². The second kappa shape index (κ2) is 27.2. The zero-order chi connectivity index (χ0) is 47.6. The molecular formula is C48H83N7O8. The van der Waals surface area contributed by atoms with Gasteiger partial charge in [0.05, 0.1) is 12.5 Å². The quantitative estimate of drug-likeness (QED) is 0.168. The first-order valence-electron chi connectivity index (χ1n) is 23.9. The fraction of sp³-hybridized carbons (Fsp3) is 0.833. The van der Waals surface area contributed by atoms with Crippen LogP contribution in [-0.2, 0) is 38.3 Å². The molecule has 1 aliphatic carbocycles. The van der Waals surface area contributed by atoms with Gasteiger partial charge in [0.2, 0.25) is 35.4 Å². The van der Waals surface area contributed by atoms with E-state index in [2.05, 4.69) is 22.9 Å². The molecule has 1 saturated carbocycles. The summed E-state index contributed by atoms with van der Waals surface area (Å²) in [5, 5.41) is 18.3. The van der Waals surface area contributed by atoms with E-state index in [4.69, 9.17) is 4.74 Å². The maximum absolute atomic E-state index is 14.8. The molecule has 15 nitrogen and oxygen atoms in total. The summed E-state index contributed by atoms with van der Waals surface area (Å²) in [6.45, 7) is 17.1. The number of nitriles is 1. The number of nitrogens with zero attached hydrogens (tertiary/aromatic N) is 4. The van der Waals surface area contributed by atoms with Gasteiger partial charge in [0, 0.05) is 27.6 Å². The zero-order valence-corrected chi connectivity index (χ0v) is 40.8. The van der Waals surface area contributed by atoms with Gasteiger partial charge in [-0.15, -0.1) is 0 Å². The highest BCUT2D eigenvalue weighted by Gasteiger charge is 2.41. The van der Waals surface area contributed by atoms with E-state index < -0.39 is 83.8 Å². The number of likely N-dealkylation sites (N-methyl/N-ethyl adjacent to an activating group) is 3. The second-order valence-corrected chi connectivity index (χ2v) is 19.5. The summed E-state index contributed by atoms with van der Waals surface area (Å²) < 4.78 is 5.84. The van der Waals surface area contributed by atoms with Crippen LogP contribution < -0.4 is 16.0 Å². The van der Waals surface area contributed by atoms with Crippen LogP contribution in [0.15, 0.2) is 0 Å². The molecule has 358 valence electrons.